The Morgan fingerprint density at radius 2 is 2.25 bits per heavy atom. The Morgan fingerprint density at radius 3 is 2.81 bits per heavy atom. The second-order valence-corrected chi connectivity index (χ2v) is 3.72. The Bertz CT molecular complexity index is 360. The fraction of sp³-hybridized carbons (Fsp3) is 0.500. The molecule has 1 aliphatic heterocycles. The van der Waals surface area contributed by atoms with Crippen molar-refractivity contribution < 1.29 is 9.53 Å². The smallest absolute Gasteiger partial charge is 0.251 e. The number of rotatable bonds is 3. The zero-order chi connectivity index (χ0) is 11.4. The molecule has 0 bridgehead atoms. The summed E-state index contributed by atoms with van der Waals surface area (Å²) < 4.78 is 5.32. The van der Waals surface area contributed by atoms with E-state index in [4.69, 9.17) is 10.5 Å². The highest BCUT2D eigenvalue weighted by molar-refractivity contribution is 5.92. The molecular weight excluding hydrogens is 208 g/mol. The average Bonchev–Trinajstić information content (AvgIpc) is 2.31. The fourth-order valence-electron chi connectivity index (χ4n) is 1.57. The van der Waals surface area contributed by atoms with Crippen LogP contribution in [0.25, 0.3) is 0 Å². The monoisotopic (exact) mass is 222 g/mol. The average molecular weight is 222 g/mol. The Balaban J connectivity index is 1.96. The lowest BCUT2D eigenvalue weighted by Gasteiger charge is -2.22. The van der Waals surface area contributed by atoms with E-state index in [0.29, 0.717) is 18.1 Å². The Hall–Kier alpha value is -1.69. The molecule has 1 fully saturated rings. The number of primary amides is 1. The first kappa shape index (κ1) is 10.8. The first-order valence-corrected chi connectivity index (χ1v) is 5.22. The highest BCUT2D eigenvalue weighted by Gasteiger charge is 2.14. The second kappa shape index (κ2) is 4.89. The number of anilines is 1. The molecule has 0 aliphatic carbocycles. The summed E-state index contributed by atoms with van der Waals surface area (Å²) in [5, 5.41) is 3.15. The molecule has 1 aromatic rings. The molecule has 6 heteroatoms. The molecule has 86 valence electrons. The number of hydrogen-bond donors (Lipinski definition) is 2. The van der Waals surface area contributed by atoms with Gasteiger partial charge in [-0.1, -0.05) is 0 Å². The van der Waals surface area contributed by atoms with Crippen LogP contribution in [0.2, 0.25) is 0 Å². The number of nitrogens with one attached hydrogen (secondary N) is 1. The lowest BCUT2D eigenvalue weighted by atomic mass is 10.1. The van der Waals surface area contributed by atoms with Crippen molar-refractivity contribution in [2.75, 3.05) is 18.5 Å². The van der Waals surface area contributed by atoms with E-state index in [1.807, 2.05) is 0 Å². The molecule has 1 amide bonds. The molecule has 3 N–H and O–H groups in total. The van der Waals surface area contributed by atoms with Gasteiger partial charge in [-0.05, 0) is 12.8 Å². The van der Waals surface area contributed by atoms with Crippen LogP contribution in [0.4, 0.5) is 5.95 Å². The van der Waals surface area contributed by atoms with Gasteiger partial charge in [0, 0.05) is 19.0 Å². The second-order valence-electron chi connectivity index (χ2n) is 3.72. The molecule has 0 saturated carbocycles. The molecule has 1 aromatic heterocycles. The summed E-state index contributed by atoms with van der Waals surface area (Å²) in [5.41, 5.74) is 5.40. The third-order valence-corrected chi connectivity index (χ3v) is 2.43. The summed E-state index contributed by atoms with van der Waals surface area (Å²) in [6, 6.07) is 0.244. The van der Waals surface area contributed by atoms with E-state index in [1.165, 1.54) is 12.4 Å². The summed E-state index contributed by atoms with van der Waals surface area (Å²) in [6.45, 7) is 1.49. The third-order valence-electron chi connectivity index (χ3n) is 2.43. The minimum atomic E-state index is -0.521. The SMILES string of the molecule is NC(=O)c1cnc(NC2CCCOC2)nc1. The van der Waals surface area contributed by atoms with E-state index in [1.54, 1.807) is 0 Å². The molecule has 1 atom stereocenters. The molecule has 1 saturated heterocycles. The standard InChI is InChI=1S/C10H14N4O2/c11-9(15)7-4-12-10(13-5-7)14-8-2-1-3-16-6-8/h4-5,8H,1-3,6H2,(H2,11,15)(H,12,13,14). The summed E-state index contributed by atoms with van der Waals surface area (Å²) in [6.07, 6.45) is 4.92. The van der Waals surface area contributed by atoms with Gasteiger partial charge in [0.1, 0.15) is 0 Å². The van der Waals surface area contributed by atoms with Crippen LogP contribution in [-0.4, -0.2) is 35.1 Å². The van der Waals surface area contributed by atoms with Crippen molar-refractivity contribution in [3.63, 3.8) is 0 Å². The van der Waals surface area contributed by atoms with Crippen molar-refractivity contribution in [2.45, 2.75) is 18.9 Å². The maximum atomic E-state index is 10.8. The number of nitrogens with two attached hydrogens (primary N) is 1. The third kappa shape index (κ3) is 2.66. The van der Waals surface area contributed by atoms with E-state index in [-0.39, 0.29) is 6.04 Å². The molecule has 1 unspecified atom stereocenters. The topological polar surface area (TPSA) is 90.1 Å². The zero-order valence-electron chi connectivity index (χ0n) is 8.85. The van der Waals surface area contributed by atoms with Crippen molar-refractivity contribution in [3.05, 3.63) is 18.0 Å². The van der Waals surface area contributed by atoms with Gasteiger partial charge in [-0.2, -0.15) is 0 Å². The molecule has 6 nitrogen and oxygen atoms in total. The van der Waals surface area contributed by atoms with Gasteiger partial charge in [-0.15, -0.1) is 0 Å². The quantitative estimate of drug-likeness (QED) is 0.760. The van der Waals surface area contributed by atoms with Gasteiger partial charge in [-0.25, -0.2) is 9.97 Å². The van der Waals surface area contributed by atoms with Crippen LogP contribution in [0.3, 0.4) is 0 Å². The number of aromatic nitrogens is 2. The molecule has 2 heterocycles. The summed E-state index contributed by atoms with van der Waals surface area (Å²) >= 11 is 0. The highest BCUT2D eigenvalue weighted by Crippen LogP contribution is 2.10. The van der Waals surface area contributed by atoms with Gasteiger partial charge in [0.05, 0.1) is 18.2 Å². The van der Waals surface area contributed by atoms with Crippen molar-refractivity contribution in [1.82, 2.24) is 9.97 Å². The summed E-state index contributed by atoms with van der Waals surface area (Å²) in [4.78, 5) is 18.8. The normalized spacial score (nSPS) is 20.4. The Morgan fingerprint density at radius 1 is 1.50 bits per heavy atom. The number of amides is 1. The number of carbonyl (C=O) groups excluding carboxylic acids is 1. The van der Waals surface area contributed by atoms with E-state index in [2.05, 4.69) is 15.3 Å². The fourth-order valence-corrected chi connectivity index (χ4v) is 1.57. The lowest BCUT2D eigenvalue weighted by molar-refractivity contribution is 0.0874. The van der Waals surface area contributed by atoms with E-state index >= 15 is 0 Å². The molecule has 0 spiro atoms. The Labute approximate surface area is 93.2 Å². The van der Waals surface area contributed by atoms with E-state index in [9.17, 15) is 4.79 Å². The van der Waals surface area contributed by atoms with Crippen LogP contribution in [0.1, 0.15) is 23.2 Å². The van der Waals surface area contributed by atoms with Gasteiger partial charge < -0.3 is 15.8 Å². The number of ether oxygens (including phenoxy) is 1. The minimum absolute atomic E-state index is 0.244. The lowest BCUT2D eigenvalue weighted by Crippen LogP contribution is -2.30. The van der Waals surface area contributed by atoms with Crippen LogP contribution >= 0.6 is 0 Å². The van der Waals surface area contributed by atoms with Crippen LogP contribution in [0.5, 0.6) is 0 Å². The molecule has 0 radical (unpaired) electrons. The first-order valence-electron chi connectivity index (χ1n) is 5.22. The zero-order valence-corrected chi connectivity index (χ0v) is 8.85. The van der Waals surface area contributed by atoms with Crippen molar-refractivity contribution in [1.29, 1.82) is 0 Å². The minimum Gasteiger partial charge on any atom is -0.379 e. The van der Waals surface area contributed by atoms with Gasteiger partial charge in [0.15, 0.2) is 0 Å². The summed E-state index contributed by atoms with van der Waals surface area (Å²) in [7, 11) is 0. The van der Waals surface area contributed by atoms with Crippen molar-refractivity contribution >= 4 is 11.9 Å². The molecular formula is C10H14N4O2. The van der Waals surface area contributed by atoms with Crippen molar-refractivity contribution in [2.24, 2.45) is 5.73 Å². The van der Waals surface area contributed by atoms with Crippen LogP contribution in [0, 0.1) is 0 Å². The maximum Gasteiger partial charge on any atom is 0.251 e. The van der Waals surface area contributed by atoms with Gasteiger partial charge in [0.25, 0.3) is 5.91 Å². The number of carbonyl (C=O) groups is 1. The van der Waals surface area contributed by atoms with Crippen LogP contribution in [-0.2, 0) is 4.74 Å². The highest BCUT2D eigenvalue weighted by atomic mass is 16.5. The Kier molecular flexibility index (Phi) is 3.31. The molecule has 0 aromatic carbocycles. The van der Waals surface area contributed by atoms with Gasteiger partial charge >= 0.3 is 0 Å². The molecule has 1 aliphatic rings. The van der Waals surface area contributed by atoms with E-state index < -0.39 is 5.91 Å². The number of nitrogens with zero attached hydrogens (tertiary/aromatic N) is 2. The van der Waals surface area contributed by atoms with Gasteiger partial charge in [0.2, 0.25) is 5.95 Å². The van der Waals surface area contributed by atoms with Gasteiger partial charge in [-0.3, -0.25) is 4.79 Å². The van der Waals surface area contributed by atoms with Crippen molar-refractivity contribution in [3.8, 4) is 0 Å². The molecule has 2 rings (SSSR count). The van der Waals surface area contributed by atoms with Crippen LogP contribution in [0.15, 0.2) is 12.4 Å². The number of hydrogen-bond acceptors (Lipinski definition) is 5. The maximum absolute atomic E-state index is 10.8. The first-order chi connectivity index (χ1) is 7.75. The predicted octanol–water partition coefficient (Wildman–Crippen LogP) is 0.166. The molecule has 16 heavy (non-hydrogen) atoms. The summed E-state index contributed by atoms with van der Waals surface area (Å²) in [5.74, 6) is -0.0203. The largest absolute Gasteiger partial charge is 0.379 e. The van der Waals surface area contributed by atoms with Crippen LogP contribution < -0.4 is 11.1 Å². The predicted molar refractivity (Wildman–Crippen MR) is 58.0 cm³/mol. The van der Waals surface area contributed by atoms with E-state index in [0.717, 1.165) is 19.4 Å².